The molecule has 0 aliphatic carbocycles. The second-order valence-electron chi connectivity index (χ2n) is 6.53. The number of hydrogen-bond donors (Lipinski definition) is 1. The van der Waals surface area contributed by atoms with Crippen molar-refractivity contribution < 1.29 is 27.4 Å². The van der Waals surface area contributed by atoms with E-state index in [2.05, 4.69) is 4.98 Å². The van der Waals surface area contributed by atoms with Gasteiger partial charge in [0.1, 0.15) is 22.3 Å². The number of benzene rings is 2. The van der Waals surface area contributed by atoms with E-state index < -0.39 is 15.9 Å². The molecule has 2 aromatic carbocycles. The lowest BCUT2D eigenvalue weighted by Gasteiger charge is -2.13. The molecule has 1 aromatic heterocycles. The van der Waals surface area contributed by atoms with Crippen molar-refractivity contribution in [2.24, 2.45) is 0 Å². The lowest BCUT2D eigenvalue weighted by Crippen LogP contribution is -2.29. The highest BCUT2D eigenvalue weighted by molar-refractivity contribution is 7.89. The van der Waals surface area contributed by atoms with Crippen LogP contribution in [0.2, 0.25) is 10.0 Å². The maximum atomic E-state index is 12.1. The van der Waals surface area contributed by atoms with Gasteiger partial charge in [-0.1, -0.05) is 23.2 Å². The summed E-state index contributed by atoms with van der Waals surface area (Å²) in [4.78, 5) is 16.4. The number of carbonyl (C=O) groups excluding carboxylic acids is 1. The highest BCUT2D eigenvalue weighted by Gasteiger charge is 2.16. The van der Waals surface area contributed by atoms with E-state index in [4.69, 9.17) is 37.4 Å². The number of sulfonamides is 1. The predicted molar refractivity (Wildman–Crippen MR) is 122 cm³/mol. The molecule has 3 rings (SSSR count). The van der Waals surface area contributed by atoms with Gasteiger partial charge in [0.2, 0.25) is 15.9 Å². The summed E-state index contributed by atoms with van der Waals surface area (Å²) >= 11 is 12.6. The first kappa shape index (κ1) is 23.6. The zero-order valence-electron chi connectivity index (χ0n) is 17.2. The smallest absolute Gasteiger partial charge is 0.264 e. The Morgan fingerprint density at radius 2 is 1.72 bits per heavy atom. The minimum Gasteiger partial charge on any atom is -0.497 e. The van der Waals surface area contributed by atoms with Gasteiger partial charge in [-0.15, -0.1) is 0 Å². The number of methoxy groups -OCH3 is 2. The van der Waals surface area contributed by atoms with Crippen molar-refractivity contribution in [3.63, 3.8) is 0 Å². The van der Waals surface area contributed by atoms with Crippen LogP contribution in [-0.2, 0) is 10.0 Å². The fourth-order valence-electron chi connectivity index (χ4n) is 2.74. The van der Waals surface area contributed by atoms with Gasteiger partial charge >= 0.3 is 0 Å². The van der Waals surface area contributed by atoms with Crippen LogP contribution in [0.5, 0.6) is 23.1 Å². The number of nitrogens with zero attached hydrogens (tertiary/aromatic N) is 1. The molecule has 0 radical (unpaired) electrons. The van der Waals surface area contributed by atoms with Crippen molar-refractivity contribution in [3.8, 4) is 34.3 Å². The van der Waals surface area contributed by atoms with Gasteiger partial charge in [-0.05, 0) is 36.4 Å². The molecule has 1 heterocycles. The zero-order chi connectivity index (χ0) is 23.5. The third-order valence-corrected chi connectivity index (χ3v) is 5.33. The Kier molecular flexibility index (Phi) is 7.12. The number of hydrogen-bond acceptors (Lipinski definition) is 7. The number of halogens is 2. The maximum absolute atomic E-state index is 12.1. The molecule has 3 aromatic rings. The van der Waals surface area contributed by atoms with E-state index in [9.17, 15) is 13.2 Å². The quantitative estimate of drug-likeness (QED) is 0.511. The molecule has 11 heteroatoms. The summed E-state index contributed by atoms with van der Waals surface area (Å²) in [5, 5.41) is 0.547. The van der Waals surface area contributed by atoms with Crippen LogP contribution in [0.25, 0.3) is 11.1 Å². The Labute approximate surface area is 195 Å². The molecular formula is C21H18Cl2N2O6S. The first-order valence-corrected chi connectivity index (χ1v) is 11.6. The average molecular weight is 497 g/mol. The van der Waals surface area contributed by atoms with Gasteiger partial charge in [-0.25, -0.2) is 18.1 Å². The molecule has 32 heavy (non-hydrogen) atoms. The average Bonchev–Trinajstić information content (AvgIpc) is 2.74. The third kappa shape index (κ3) is 5.61. The number of pyridine rings is 1. The van der Waals surface area contributed by atoms with Crippen LogP contribution >= 0.6 is 23.2 Å². The van der Waals surface area contributed by atoms with E-state index in [1.54, 1.807) is 30.3 Å². The highest BCUT2D eigenvalue weighted by Crippen LogP contribution is 2.37. The van der Waals surface area contributed by atoms with Crippen molar-refractivity contribution in [2.75, 3.05) is 20.5 Å². The van der Waals surface area contributed by atoms with Crippen molar-refractivity contribution in [1.29, 1.82) is 0 Å². The maximum Gasteiger partial charge on any atom is 0.264 e. The largest absolute Gasteiger partial charge is 0.497 e. The number of amides is 1. The molecule has 1 N–H and O–H groups in total. The summed E-state index contributed by atoms with van der Waals surface area (Å²) in [6.45, 7) is 0. The topological polar surface area (TPSA) is 104 Å². The fraction of sp³-hybridized carbons (Fsp3) is 0.143. The molecule has 0 spiro atoms. The minimum atomic E-state index is -3.69. The van der Waals surface area contributed by atoms with E-state index in [1.807, 2.05) is 4.72 Å². The van der Waals surface area contributed by atoms with Gasteiger partial charge in [0.15, 0.2) is 0 Å². The van der Waals surface area contributed by atoms with E-state index >= 15 is 0 Å². The van der Waals surface area contributed by atoms with Crippen molar-refractivity contribution in [3.05, 3.63) is 64.3 Å². The van der Waals surface area contributed by atoms with Gasteiger partial charge < -0.3 is 14.2 Å². The van der Waals surface area contributed by atoms with Gasteiger partial charge in [-0.3, -0.25) is 4.79 Å². The van der Waals surface area contributed by atoms with Gasteiger partial charge in [0.25, 0.3) is 5.91 Å². The molecule has 0 aliphatic heterocycles. The zero-order valence-corrected chi connectivity index (χ0v) is 19.5. The van der Waals surface area contributed by atoms with E-state index in [0.29, 0.717) is 33.4 Å². The molecule has 0 unspecified atom stereocenters. The molecule has 1 amide bonds. The van der Waals surface area contributed by atoms with Crippen LogP contribution in [0, 0.1) is 0 Å². The van der Waals surface area contributed by atoms with Crippen LogP contribution in [0.1, 0.15) is 10.4 Å². The lowest BCUT2D eigenvalue weighted by molar-refractivity contribution is 0.0981. The SMILES string of the molecule is COc1ccc(Oc2ncc(-c3ccc(C(=O)NS(C)(=O)=O)cc3OC)cc2Cl)c(Cl)c1. The second-order valence-corrected chi connectivity index (χ2v) is 9.09. The summed E-state index contributed by atoms with van der Waals surface area (Å²) < 4.78 is 40.7. The second kappa shape index (κ2) is 9.64. The molecule has 168 valence electrons. The van der Waals surface area contributed by atoms with Crippen LogP contribution in [0.4, 0.5) is 0 Å². The Hall–Kier alpha value is -3.01. The molecule has 0 bridgehead atoms. The number of rotatable bonds is 7. The lowest BCUT2D eigenvalue weighted by atomic mass is 10.0. The van der Waals surface area contributed by atoms with Gasteiger partial charge in [-0.2, -0.15) is 0 Å². The fourth-order valence-corrected chi connectivity index (χ4v) is 3.61. The molecule has 0 fully saturated rings. The summed E-state index contributed by atoms with van der Waals surface area (Å²) in [7, 11) is -0.739. The third-order valence-electron chi connectivity index (χ3n) is 4.21. The van der Waals surface area contributed by atoms with Crippen molar-refractivity contribution in [1.82, 2.24) is 9.71 Å². The summed E-state index contributed by atoms with van der Waals surface area (Å²) in [5.41, 5.74) is 1.30. The Morgan fingerprint density at radius 1 is 0.969 bits per heavy atom. The first-order chi connectivity index (χ1) is 15.1. The van der Waals surface area contributed by atoms with E-state index in [0.717, 1.165) is 6.26 Å². The first-order valence-electron chi connectivity index (χ1n) is 8.98. The number of aromatic nitrogens is 1. The Bertz CT molecular complexity index is 1280. The summed E-state index contributed by atoms with van der Waals surface area (Å²) in [5.74, 6) is 0.640. The van der Waals surface area contributed by atoms with Gasteiger partial charge in [0.05, 0.1) is 25.5 Å². The van der Waals surface area contributed by atoms with E-state index in [1.165, 1.54) is 32.5 Å². The Balaban J connectivity index is 1.89. The molecular weight excluding hydrogens is 479 g/mol. The van der Waals surface area contributed by atoms with Crippen LogP contribution in [0.3, 0.4) is 0 Å². The summed E-state index contributed by atoms with van der Waals surface area (Å²) in [6, 6.07) is 11.0. The number of carbonyl (C=O) groups is 1. The molecule has 0 saturated heterocycles. The van der Waals surface area contributed by atoms with Crippen LogP contribution in [-0.4, -0.2) is 39.8 Å². The van der Waals surface area contributed by atoms with Crippen LogP contribution in [0.15, 0.2) is 48.7 Å². The summed E-state index contributed by atoms with van der Waals surface area (Å²) in [6.07, 6.45) is 2.42. The number of nitrogens with one attached hydrogen (secondary N) is 1. The van der Waals surface area contributed by atoms with Crippen molar-refractivity contribution in [2.45, 2.75) is 0 Å². The monoisotopic (exact) mass is 496 g/mol. The standard InChI is InChI=1S/C21H18Cl2N2O6S/c1-29-14-5-7-18(16(22)10-14)31-21-17(23)8-13(11-24-21)15-6-4-12(9-19(15)30-2)20(26)25-32(3,27)28/h4-11H,1-3H3,(H,25,26). The molecule has 0 aliphatic rings. The number of ether oxygens (including phenoxy) is 3. The Morgan fingerprint density at radius 3 is 2.31 bits per heavy atom. The predicted octanol–water partition coefficient (Wildman–Crippen LogP) is 4.55. The van der Waals surface area contributed by atoms with Gasteiger partial charge in [0, 0.05) is 29.0 Å². The normalized spacial score (nSPS) is 11.0. The van der Waals surface area contributed by atoms with Crippen LogP contribution < -0.4 is 18.9 Å². The van der Waals surface area contributed by atoms with Crippen molar-refractivity contribution >= 4 is 39.1 Å². The molecule has 0 saturated carbocycles. The highest BCUT2D eigenvalue weighted by atomic mass is 35.5. The van der Waals surface area contributed by atoms with E-state index in [-0.39, 0.29) is 16.5 Å². The molecule has 8 nitrogen and oxygen atoms in total. The molecule has 0 atom stereocenters. The minimum absolute atomic E-state index is 0.115.